The summed E-state index contributed by atoms with van der Waals surface area (Å²) in [6.45, 7) is 7.37. The summed E-state index contributed by atoms with van der Waals surface area (Å²) in [6, 6.07) is -5.21. The largest absolute Gasteiger partial charge is 0.508 e. The second-order valence-electron chi connectivity index (χ2n) is 14.8. The highest BCUT2D eigenvalue weighted by molar-refractivity contribution is 5.96. The Morgan fingerprint density at radius 1 is 0.750 bits per heavy atom. The summed E-state index contributed by atoms with van der Waals surface area (Å²) in [5.74, 6) is -6.34. The predicted octanol–water partition coefficient (Wildman–Crippen LogP) is -6.31. The van der Waals surface area contributed by atoms with Crippen molar-refractivity contribution in [3.05, 3.63) is 42.1 Å². The molecule has 15 atom stereocenters. The molecule has 3 fully saturated rings. The van der Waals surface area contributed by atoms with Gasteiger partial charge in [-0.2, -0.15) is 0 Å². The van der Waals surface area contributed by atoms with E-state index in [1.807, 2.05) is 0 Å². The van der Waals surface area contributed by atoms with Crippen LogP contribution in [0.25, 0.3) is 0 Å². The lowest BCUT2D eigenvalue weighted by Gasteiger charge is -2.36. The maximum Gasteiger partial charge on any atom is 0.248 e. The Bertz CT molecular complexity index is 1610. The van der Waals surface area contributed by atoms with Crippen LogP contribution < -0.4 is 27.0 Å². The third-order valence-corrected chi connectivity index (χ3v) is 10.4. The number of phenolic OH excluding ortho intramolecular Hbond substituents is 1. The van der Waals surface area contributed by atoms with Crippen LogP contribution in [-0.2, 0) is 24.0 Å². The average Bonchev–Trinajstić information content (AvgIpc) is 3.68. The molecular formula is C35H53N7O14. The van der Waals surface area contributed by atoms with Crippen molar-refractivity contribution in [2.24, 2.45) is 11.7 Å². The van der Waals surface area contributed by atoms with Gasteiger partial charge in [0.1, 0.15) is 48.2 Å². The van der Waals surface area contributed by atoms with Gasteiger partial charge in [-0.3, -0.25) is 24.0 Å². The van der Waals surface area contributed by atoms with Gasteiger partial charge in [0, 0.05) is 37.5 Å². The third kappa shape index (κ3) is 9.73. The minimum Gasteiger partial charge on any atom is -0.508 e. The number of carbonyl (C=O) groups is 5. The van der Waals surface area contributed by atoms with Gasteiger partial charge in [0.05, 0.1) is 36.5 Å². The van der Waals surface area contributed by atoms with Crippen molar-refractivity contribution in [2.45, 2.75) is 119 Å². The zero-order valence-corrected chi connectivity index (χ0v) is 31.0. The van der Waals surface area contributed by atoms with Gasteiger partial charge in [-0.25, -0.2) is 0 Å². The van der Waals surface area contributed by atoms with E-state index in [4.69, 9.17) is 5.73 Å². The highest BCUT2D eigenvalue weighted by Crippen LogP contribution is 2.30. The number of benzene rings is 1. The molecule has 0 spiro atoms. The number of phenols is 1. The van der Waals surface area contributed by atoms with Crippen molar-refractivity contribution in [3.63, 3.8) is 0 Å². The van der Waals surface area contributed by atoms with E-state index in [0.29, 0.717) is 0 Å². The van der Waals surface area contributed by atoms with Crippen molar-refractivity contribution in [2.75, 3.05) is 13.1 Å². The summed E-state index contributed by atoms with van der Waals surface area (Å²) in [6.07, 6.45) is -14.9. The van der Waals surface area contributed by atoms with E-state index in [1.54, 1.807) is 6.92 Å². The highest BCUT2D eigenvalue weighted by atomic mass is 16.3. The zero-order chi connectivity index (χ0) is 41.9. The minimum absolute atomic E-state index is 0.000729. The van der Waals surface area contributed by atoms with E-state index >= 15 is 0 Å². The molecule has 0 aliphatic carbocycles. The number of amides is 5. The first kappa shape index (κ1) is 44.3. The fourth-order valence-corrected chi connectivity index (χ4v) is 7.09. The monoisotopic (exact) mass is 795 g/mol. The van der Waals surface area contributed by atoms with Gasteiger partial charge >= 0.3 is 0 Å². The van der Waals surface area contributed by atoms with E-state index < -0.39 is 140 Å². The lowest BCUT2D eigenvalue weighted by molar-refractivity contribution is -0.145. The molecule has 3 saturated heterocycles. The molecule has 3 heterocycles. The normalized spacial score (nSPS) is 35.2. The molecule has 5 amide bonds. The summed E-state index contributed by atoms with van der Waals surface area (Å²) in [5.41, 5.74) is 5.82. The molecule has 0 aromatic heterocycles. The first-order valence-electron chi connectivity index (χ1n) is 18.1. The quantitative estimate of drug-likeness (QED) is 0.132. The summed E-state index contributed by atoms with van der Waals surface area (Å²) in [4.78, 5) is 70.7. The molecule has 8 unspecified atom stereocenters. The van der Waals surface area contributed by atoms with Crippen LogP contribution in [0.1, 0.15) is 45.3 Å². The first-order chi connectivity index (χ1) is 26.1. The van der Waals surface area contributed by atoms with Crippen LogP contribution in [0.2, 0.25) is 0 Å². The van der Waals surface area contributed by atoms with Crippen LogP contribution >= 0.6 is 0 Å². The van der Waals surface area contributed by atoms with Crippen LogP contribution in [0, 0.1) is 5.92 Å². The Morgan fingerprint density at radius 3 is 1.91 bits per heavy atom. The maximum absolute atomic E-state index is 14.1. The van der Waals surface area contributed by atoms with Crippen molar-refractivity contribution in [1.29, 1.82) is 0 Å². The Balaban J connectivity index is 1.80. The van der Waals surface area contributed by atoms with Gasteiger partial charge in [0.25, 0.3) is 0 Å². The molecule has 15 N–H and O–H groups in total. The Kier molecular flexibility index (Phi) is 14.4. The van der Waals surface area contributed by atoms with Crippen molar-refractivity contribution in [1.82, 2.24) is 31.1 Å². The second-order valence-corrected chi connectivity index (χ2v) is 14.8. The van der Waals surface area contributed by atoms with Crippen LogP contribution in [0.4, 0.5) is 0 Å². The lowest BCUT2D eigenvalue weighted by Crippen LogP contribution is -2.62. The molecule has 1 aromatic carbocycles. The maximum atomic E-state index is 14.1. The highest BCUT2D eigenvalue weighted by Gasteiger charge is 2.48. The Hall–Kier alpha value is -4.45. The molecule has 0 saturated carbocycles. The van der Waals surface area contributed by atoms with Gasteiger partial charge in [-0.05, 0) is 31.5 Å². The fraction of sp³-hybridized carbons (Fsp3) is 0.629. The number of rotatable bonds is 5. The summed E-state index contributed by atoms with van der Waals surface area (Å²) in [7, 11) is 0. The molecule has 56 heavy (non-hydrogen) atoms. The van der Waals surface area contributed by atoms with Crippen molar-refractivity contribution < 1.29 is 69.9 Å². The van der Waals surface area contributed by atoms with Crippen LogP contribution in [-0.4, -0.2) is 177 Å². The number of hydrogen-bond acceptors (Lipinski definition) is 16. The van der Waals surface area contributed by atoms with Crippen LogP contribution in [0.5, 0.6) is 5.75 Å². The Morgan fingerprint density at radius 2 is 1.32 bits per heavy atom. The molecule has 0 radical (unpaired) electrons. The van der Waals surface area contributed by atoms with E-state index in [1.165, 1.54) is 36.1 Å². The van der Waals surface area contributed by atoms with E-state index in [9.17, 15) is 69.9 Å². The summed E-state index contributed by atoms with van der Waals surface area (Å²) < 4.78 is 0. The van der Waals surface area contributed by atoms with E-state index in [0.717, 1.165) is 11.8 Å². The van der Waals surface area contributed by atoms with Crippen molar-refractivity contribution >= 4 is 29.5 Å². The molecule has 1 aromatic rings. The number of hydrogen-bond donors (Lipinski definition) is 14. The number of carbonyl (C=O) groups excluding carboxylic acids is 5. The average molecular weight is 796 g/mol. The molecular weight excluding hydrogens is 742 g/mol. The number of aliphatic hydroxyl groups excluding tert-OH is 8. The van der Waals surface area contributed by atoms with Crippen molar-refractivity contribution in [3.8, 4) is 5.75 Å². The van der Waals surface area contributed by atoms with Gasteiger partial charge in [0.2, 0.25) is 29.5 Å². The number of nitrogens with two attached hydrogens (primary N) is 1. The van der Waals surface area contributed by atoms with Crippen LogP contribution in [0.3, 0.4) is 0 Å². The smallest absolute Gasteiger partial charge is 0.248 e. The fourth-order valence-electron chi connectivity index (χ4n) is 7.09. The van der Waals surface area contributed by atoms with Gasteiger partial charge in [0.15, 0.2) is 6.23 Å². The second kappa shape index (κ2) is 18.2. The molecule has 312 valence electrons. The molecule has 0 bridgehead atoms. The molecule has 3 aliphatic rings. The van der Waals surface area contributed by atoms with Gasteiger partial charge in [-0.1, -0.05) is 25.6 Å². The topological polar surface area (TPSA) is 348 Å². The predicted molar refractivity (Wildman–Crippen MR) is 192 cm³/mol. The van der Waals surface area contributed by atoms with E-state index in [2.05, 4.69) is 27.8 Å². The van der Waals surface area contributed by atoms with Crippen LogP contribution in [0.15, 0.2) is 36.5 Å². The summed E-state index contributed by atoms with van der Waals surface area (Å²) in [5, 5.41) is 106. The number of fused-ring (bicyclic) bond motifs is 2. The Labute approximate surface area is 321 Å². The summed E-state index contributed by atoms with van der Waals surface area (Å²) >= 11 is 0. The number of aromatic hydroxyl groups is 1. The number of aliphatic hydroxyl groups is 8. The standard InChI is InChI=1S/C35H53N7O14/c1-13-11-41-14(2)23(15(3)43)37-33(54)25(29(50)28(49)17-5-7-18(45)8-6-17)39-31(52)21-9-19(46)12-42(21)35(56)24(16(4)44)38-30(51)20(36)10-22(47)32(53)40-34(55)26(41)27(13)48/h5-8,13,15-16,19-29,32,43-50,53H,2,9-12,36H2,1,3-4H3,(H,37,54)(H,38,51)(H,39,52)(H,40,55)/t13?,15?,16?,19?,20-,21+,22-,23-,24+,25+,26+,27?,28?,29?,32?/m1/s1. The van der Waals surface area contributed by atoms with Gasteiger partial charge < -0.3 is 82.8 Å². The molecule has 4 rings (SSSR count). The molecule has 21 nitrogen and oxygen atoms in total. The van der Waals surface area contributed by atoms with Gasteiger partial charge in [-0.15, -0.1) is 0 Å². The van der Waals surface area contributed by atoms with E-state index in [-0.39, 0.29) is 23.6 Å². The third-order valence-electron chi connectivity index (χ3n) is 10.4. The molecule has 3 aliphatic heterocycles. The zero-order valence-electron chi connectivity index (χ0n) is 31.0. The SMILES string of the molecule is C=C1[C@H](C(C)O)NC(=O)[C@H](C(O)C(O)c2ccc(O)cc2)NC(=O)[C@@H]2CC(O)CN2C(=O)[C@H](C(C)O)NC(=O)[C@H](N)C[C@@H](O)C(O)NC(=O)[C@@H]2C(O)C(C)CN12. The first-order valence-corrected chi connectivity index (χ1v) is 18.1. The number of nitrogens with zero attached hydrogens (tertiary/aromatic N) is 2. The number of nitrogens with one attached hydrogen (secondary N) is 4. The minimum atomic E-state index is -2.16. The molecule has 21 heteroatoms. The lowest BCUT2D eigenvalue weighted by atomic mass is 9.96.